The van der Waals surface area contributed by atoms with E-state index in [4.69, 9.17) is 10.00 Å². The smallest absolute Gasteiger partial charge is 0.340 e. The lowest BCUT2D eigenvalue weighted by Gasteiger charge is -2.02. The summed E-state index contributed by atoms with van der Waals surface area (Å²) < 4.78 is 4.91. The number of rotatable bonds is 4. The van der Waals surface area contributed by atoms with E-state index in [2.05, 4.69) is 4.98 Å². The summed E-state index contributed by atoms with van der Waals surface area (Å²) in [5.74, 6) is -0.765. The van der Waals surface area contributed by atoms with Crippen molar-refractivity contribution in [3.63, 3.8) is 0 Å². The molecule has 1 aromatic heterocycles. The van der Waals surface area contributed by atoms with Crippen LogP contribution < -0.4 is 0 Å². The third-order valence-electron chi connectivity index (χ3n) is 2.44. The monoisotopic (exact) mass is 234 g/mol. The summed E-state index contributed by atoms with van der Waals surface area (Å²) in [7, 11) is 0. The predicted octanol–water partition coefficient (Wildman–Crippen LogP) is 1.90. The lowest BCUT2D eigenvalue weighted by atomic mass is 10.1. The molecule has 0 fully saturated rings. The van der Waals surface area contributed by atoms with Crippen LogP contribution in [0.15, 0.2) is 0 Å². The number of esters is 1. The van der Waals surface area contributed by atoms with E-state index in [1.54, 1.807) is 26.8 Å². The fourth-order valence-electron chi connectivity index (χ4n) is 1.70. The Morgan fingerprint density at radius 3 is 2.59 bits per heavy atom. The summed E-state index contributed by atoms with van der Waals surface area (Å²) in [4.78, 5) is 26.1. The van der Waals surface area contributed by atoms with Gasteiger partial charge in [0.15, 0.2) is 5.78 Å². The number of carbonyl (C=O) groups is 2. The number of nitriles is 1. The first-order chi connectivity index (χ1) is 8.02. The van der Waals surface area contributed by atoms with Gasteiger partial charge in [-0.2, -0.15) is 5.26 Å². The second-order valence-electron chi connectivity index (χ2n) is 3.60. The second-order valence-corrected chi connectivity index (χ2v) is 3.60. The van der Waals surface area contributed by atoms with E-state index in [1.165, 1.54) is 0 Å². The summed E-state index contributed by atoms with van der Waals surface area (Å²) in [5, 5.41) is 8.48. The number of ether oxygens (including phenoxy) is 1. The average molecular weight is 234 g/mol. The predicted molar refractivity (Wildman–Crippen MR) is 60.8 cm³/mol. The van der Waals surface area contributed by atoms with E-state index in [0.717, 1.165) is 0 Å². The number of carbonyl (C=O) groups excluding carboxylic acids is 2. The van der Waals surface area contributed by atoms with Crippen LogP contribution in [-0.4, -0.2) is 23.3 Å². The minimum atomic E-state index is -0.449. The standard InChI is InChI=1S/C12H14N2O3/c1-4-17-12(16)10-7(2)11(14-8(10)3)9(15)5-6-13/h14H,4-5H2,1-3H3. The number of ketones is 1. The topological polar surface area (TPSA) is 83.0 Å². The number of aromatic nitrogens is 1. The molecule has 5 nitrogen and oxygen atoms in total. The first-order valence-corrected chi connectivity index (χ1v) is 5.29. The lowest BCUT2D eigenvalue weighted by Crippen LogP contribution is -2.07. The van der Waals surface area contributed by atoms with Crippen LogP contribution in [0.2, 0.25) is 0 Å². The van der Waals surface area contributed by atoms with Crippen LogP contribution >= 0.6 is 0 Å². The van der Waals surface area contributed by atoms with Crippen molar-refractivity contribution < 1.29 is 14.3 Å². The van der Waals surface area contributed by atoms with Crippen LogP contribution in [0.5, 0.6) is 0 Å². The number of hydrogen-bond donors (Lipinski definition) is 1. The molecule has 0 atom stereocenters. The van der Waals surface area contributed by atoms with E-state index in [0.29, 0.717) is 22.5 Å². The minimum absolute atomic E-state index is 0.205. The molecule has 0 spiro atoms. The van der Waals surface area contributed by atoms with Crippen LogP contribution in [0, 0.1) is 25.2 Å². The Hall–Kier alpha value is -2.09. The molecule has 1 rings (SSSR count). The van der Waals surface area contributed by atoms with Gasteiger partial charge in [0.2, 0.25) is 0 Å². The Bertz CT molecular complexity index is 495. The summed E-state index contributed by atoms with van der Waals surface area (Å²) >= 11 is 0. The first-order valence-electron chi connectivity index (χ1n) is 5.29. The highest BCUT2D eigenvalue weighted by Gasteiger charge is 2.22. The van der Waals surface area contributed by atoms with Crippen molar-refractivity contribution in [3.8, 4) is 6.07 Å². The van der Waals surface area contributed by atoms with Crippen molar-refractivity contribution in [2.75, 3.05) is 6.61 Å². The van der Waals surface area contributed by atoms with Gasteiger partial charge in [0.05, 0.1) is 23.9 Å². The number of aromatic amines is 1. The number of hydrogen-bond acceptors (Lipinski definition) is 4. The molecular formula is C12H14N2O3. The Morgan fingerprint density at radius 1 is 1.41 bits per heavy atom. The number of nitrogens with zero attached hydrogens (tertiary/aromatic N) is 1. The molecule has 0 aliphatic carbocycles. The van der Waals surface area contributed by atoms with Crippen LogP contribution in [0.1, 0.15) is 45.4 Å². The Morgan fingerprint density at radius 2 is 2.06 bits per heavy atom. The molecule has 0 bridgehead atoms. The molecule has 0 unspecified atom stereocenters. The van der Waals surface area contributed by atoms with Crippen molar-refractivity contribution >= 4 is 11.8 Å². The highest BCUT2D eigenvalue weighted by molar-refractivity contribution is 6.02. The van der Waals surface area contributed by atoms with Gasteiger partial charge in [-0.05, 0) is 26.3 Å². The Kier molecular flexibility index (Phi) is 4.05. The molecule has 0 aliphatic heterocycles. The molecular weight excluding hydrogens is 220 g/mol. The molecule has 0 aromatic carbocycles. The summed E-state index contributed by atoms with van der Waals surface area (Å²) in [6.07, 6.45) is -0.205. The second kappa shape index (κ2) is 5.30. The van der Waals surface area contributed by atoms with Gasteiger partial charge in [0.25, 0.3) is 0 Å². The average Bonchev–Trinajstić information content (AvgIpc) is 2.55. The van der Waals surface area contributed by atoms with Gasteiger partial charge in [0.1, 0.15) is 6.42 Å². The fraction of sp³-hybridized carbons (Fsp3) is 0.417. The van der Waals surface area contributed by atoms with E-state index in [-0.39, 0.29) is 18.8 Å². The quantitative estimate of drug-likeness (QED) is 0.637. The van der Waals surface area contributed by atoms with Crippen molar-refractivity contribution in [3.05, 3.63) is 22.5 Å². The fourth-order valence-corrected chi connectivity index (χ4v) is 1.70. The number of H-pyrrole nitrogens is 1. The van der Waals surface area contributed by atoms with Gasteiger partial charge in [0, 0.05) is 5.69 Å². The third-order valence-corrected chi connectivity index (χ3v) is 2.44. The highest BCUT2D eigenvalue weighted by atomic mass is 16.5. The number of aryl methyl sites for hydroxylation is 1. The zero-order chi connectivity index (χ0) is 13.0. The van der Waals surface area contributed by atoms with E-state index < -0.39 is 5.97 Å². The summed E-state index contributed by atoms with van der Waals surface area (Å²) in [5.41, 5.74) is 1.82. The van der Waals surface area contributed by atoms with E-state index in [9.17, 15) is 9.59 Å². The van der Waals surface area contributed by atoms with Crippen LogP contribution in [-0.2, 0) is 4.74 Å². The zero-order valence-electron chi connectivity index (χ0n) is 10.1. The van der Waals surface area contributed by atoms with Crippen LogP contribution in [0.3, 0.4) is 0 Å². The van der Waals surface area contributed by atoms with E-state index in [1.807, 2.05) is 0 Å². The van der Waals surface area contributed by atoms with E-state index >= 15 is 0 Å². The SMILES string of the molecule is CCOC(=O)c1c(C)[nH]c(C(=O)CC#N)c1C. The number of nitrogens with one attached hydrogen (secondary N) is 1. The largest absolute Gasteiger partial charge is 0.462 e. The molecule has 0 amide bonds. The maximum atomic E-state index is 11.7. The van der Waals surface area contributed by atoms with Gasteiger partial charge in [-0.3, -0.25) is 4.79 Å². The van der Waals surface area contributed by atoms with Gasteiger partial charge in [-0.15, -0.1) is 0 Å². The molecule has 17 heavy (non-hydrogen) atoms. The van der Waals surface area contributed by atoms with Crippen molar-refractivity contribution in [1.29, 1.82) is 5.26 Å². The molecule has 1 heterocycles. The molecule has 90 valence electrons. The normalized spacial score (nSPS) is 9.76. The van der Waals surface area contributed by atoms with Gasteiger partial charge < -0.3 is 9.72 Å². The molecule has 1 N–H and O–H groups in total. The molecule has 1 aromatic rings. The lowest BCUT2D eigenvalue weighted by molar-refractivity contribution is 0.0525. The van der Waals surface area contributed by atoms with Gasteiger partial charge in [-0.1, -0.05) is 0 Å². The van der Waals surface area contributed by atoms with Crippen molar-refractivity contribution in [2.24, 2.45) is 0 Å². The van der Waals surface area contributed by atoms with Crippen LogP contribution in [0.25, 0.3) is 0 Å². The highest BCUT2D eigenvalue weighted by Crippen LogP contribution is 2.20. The number of Topliss-reactive ketones (excluding diaryl/α,β-unsaturated/α-hetero) is 1. The maximum absolute atomic E-state index is 11.7. The van der Waals surface area contributed by atoms with Gasteiger partial charge >= 0.3 is 5.97 Å². The maximum Gasteiger partial charge on any atom is 0.340 e. The summed E-state index contributed by atoms with van der Waals surface area (Å²) in [6, 6.07) is 1.79. The molecule has 5 heteroatoms. The van der Waals surface area contributed by atoms with Gasteiger partial charge in [-0.25, -0.2) is 4.79 Å². The minimum Gasteiger partial charge on any atom is -0.462 e. The summed E-state index contributed by atoms with van der Waals surface area (Å²) in [6.45, 7) is 5.37. The van der Waals surface area contributed by atoms with Crippen LogP contribution in [0.4, 0.5) is 0 Å². The Balaban J connectivity index is 3.15. The molecule has 0 radical (unpaired) electrons. The first kappa shape index (κ1) is 13.0. The molecule has 0 saturated heterocycles. The Labute approximate surface area is 99.4 Å². The van der Waals surface area contributed by atoms with Crippen molar-refractivity contribution in [1.82, 2.24) is 4.98 Å². The third kappa shape index (κ3) is 2.53. The molecule has 0 aliphatic rings. The molecule has 0 saturated carbocycles. The zero-order valence-corrected chi connectivity index (χ0v) is 10.1. The van der Waals surface area contributed by atoms with Crippen molar-refractivity contribution in [2.45, 2.75) is 27.2 Å².